The molecule has 7 heteroatoms. The fourth-order valence-corrected chi connectivity index (χ4v) is 2.35. The van der Waals surface area contributed by atoms with Crippen LogP contribution in [0.25, 0.3) is 0 Å². The summed E-state index contributed by atoms with van der Waals surface area (Å²) in [7, 11) is 0. The summed E-state index contributed by atoms with van der Waals surface area (Å²) in [5.74, 6) is -0.982. The highest BCUT2D eigenvalue weighted by Gasteiger charge is 2.33. The molecule has 0 radical (unpaired) electrons. The third-order valence-electron chi connectivity index (χ3n) is 2.99. The van der Waals surface area contributed by atoms with Crippen molar-refractivity contribution in [1.29, 1.82) is 0 Å². The fraction of sp³-hybridized carbons (Fsp3) is 0.250. The van der Waals surface area contributed by atoms with E-state index in [-0.39, 0.29) is 40.6 Å². The molecule has 1 atom stereocenters. The minimum atomic E-state index is -0.643. The number of anilines is 1. The molecule has 5 nitrogen and oxygen atoms in total. The summed E-state index contributed by atoms with van der Waals surface area (Å²) in [6.45, 7) is 3.88. The molecule has 1 amide bonds. The molecule has 19 heavy (non-hydrogen) atoms. The molecule has 0 aromatic heterocycles. The van der Waals surface area contributed by atoms with Gasteiger partial charge in [-0.3, -0.25) is 14.9 Å². The number of nitro groups is 1. The van der Waals surface area contributed by atoms with Gasteiger partial charge in [0, 0.05) is 31.0 Å². The SMILES string of the molecule is C=CC1CC(=O)N(c2cc(F)c(Br)cc2[N+](=O)[O-])C1. The molecule has 0 aliphatic carbocycles. The number of halogens is 2. The van der Waals surface area contributed by atoms with E-state index in [1.54, 1.807) is 6.08 Å². The average Bonchev–Trinajstić information content (AvgIpc) is 2.73. The number of carbonyl (C=O) groups excluding carboxylic acids is 1. The summed E-state index contributed by atoms with van der Waals surface area (Å²) in [5.41, 5.74) is -0.314. The summed E-state index contributed by atoms with van der Waals surface area (Å²) >= 11 is 2.90. The van der Waals surface area contributed by atoms with E-state index < -0.39 is 10.7 Å². The molecule has 2 rings (SSSR count). The molecule has 1 aromatic rings. The molecule has 1 aromatic carbocycles. The highest BCUT2D eigenvalue weighted by Crippen LogP contribution is 2.36. The van der Waals surface area contributed by atoms with Gasteiger partial charge < -0.3 is 4.90 Å². The Morgan fingerprint density at radius 1 is 1.58 bits per heavy atom. The van der Waals surface area contributed by atoms with E-state index in [0.717, 1.165) is 12.1 Å². The summed E-state index contributed by atoms with van der Waals surface area (Å²) in [6.07, 6.45) is 1.86. The van der Waals surface area contributed by atoms with E-state index in [9.17, 15) is 19.3 Å². The fourth-order valence-electron chi connectivity index (χ4n) is 2.01. The first-order valence-corrected chi connectivity index (χ1v) is 6.29. The first kappa shape index (κ1) is 13.7. The Morgan fingerprint density at radius 3 is 2.79 bits per heavy atom. The molecule has 100 valence electrons. The van der Waals surface area contributed by atoms with E-state index in [1.807, 2.05) is 0 Å². The van der Waals surface area contributed by atoms with Crippen LogP contribution in [0.1, 0.15) is 6.42 Å². The quantitative estimate of drug-likeness (QED) is 0.486. The maximum absolute atomic E-state index is 13.6. The van der Waals surface area contributed by atoms with E-state index in [1.165, 1.54) is 4.90 Å². The molecule has 0 spiro atoms. The van der Waals surface area contributed by atoms with Crippen molar-refractivity contribution in [2.45, 2.75) is 6.42 Å². The van der Waals surface area contributed by atoms with Gasteiger partial charge in [0.05, 0.1) is 9.40 Å². The topological polar surface area (TPSA) is 63.5 Å². The number of amides is 1. The maximum atomic E-state index is 13.6. The lowest BCUT2D eigenvalue weighted by Crippen LogP contribution is -2.25. The lowest BCUT2D eigenvalue weighted by Gasteiger charge is -2.16. The van der Waals surface area contributed by atoms with E-state index in [4.69, 9.17) is 0 Å². The van der Waals surface area contributed by atoms with Gasteiger partial charge in [-0.1, -0.05) is 6.08 Å². The van der Waals surface area contributed by atoms with Gasteiger partial charge in [0.25, 0.3) is 5.69 Å². The van der Waals surface area contributed by atoms with Crippen LogP contribution < -0.4 is 4.90 Å². The smallest absolute Gasteiger partial charge is 0.294 e. The highest BCUT2D eigenvalue weighted by molar-refractivity contribution is 9.10. The van der Waals surface area contributed by atoms with Gasteiger partial charge >= 0.3 is 0 Å². The lowest BCUT2D eigenvalue weighted by atomic mass is 10.1. The summed E-state index contributed by atoms with van der Waals surface area (Å²) < 4.78 is 13.5. The monoisotopic (exact) mass is 328 g/mol. The Kier molecular flexibility index (Phi) is 3.66. The minimum absolute atomic E-state index is 0.00475. The maximum Gasteiger partial charge on any atom is 0.294 e. The van der Waals surface area contributed by atoms with Crippen molar-refractivity contribution in [2.75, 3.05) is 11.4 Å². The second kappa shape index (κ2) is 5.08. The van der Waals surface area contributed by atoms with Crippen molar-refractivity contribution in [3.8, 4) is 0 Å². The highest BCUT2D eigenvalue weighted by atomic mass is 79.9. The molecule has 1 aliphatic rings. The average molecular weight is 329 g/mol. The van der Waals surface area contributed by atoms with Crippen LogP contribution in [0.2, 0.25) is 0 Å². The predicted molar refractivity (Wildman–Crippen MR) is 71.4 cm³/mol. The van der Waals surface area contributed by atoms with Gasteiger partial charge in [-0.05, 0) is 15.9 Å². The first-order valence-electron chi connectivity index (χ1n) is 5.50. The Labute approximate surface area is 117 Å². The number of carbonyl (C=O) groups is 1. The minimum Gasteiger partial charge on any atom is -0.306 e. The molecule has 0 bridgehead atoms. The Balaban J connectivity index is 2.50. The number of rotatable bonds is 3. The van der Waals surface area contributed by atoms with Crippen LogP contribution in [0.15, 0.2) is 29.3 Å². The third-order valence-corrected chi connectivity index (χ3v) is 3.60. The van der Waals surface area contributed by atoms with Crippen LogP contribution in [0, 0.1) is 21.8 Å². The Hall–Kier alpha value is -1.76. The summed E-state index contributed by atoms with van der Waals surface area (Å²) in [4.78, 5) is 23.4. The molecule has 0 saturated carbocycles. The van der Waals surface area contributed by atoms with Crippen LogP contribution in [-0.2, 0) is 4.79 Å². The van der Waals surface area contributed by atoms with E-state index in [0.29, 0.717) is 0 Å². The first-order chi connectivity index (χ1) is 8.93. The second-order valence-electron chi connectivity index (χ2n) is 4.22. The van der Waals surface area contributed by atoms with Crippen molar-refractivity contribution in [3.05, 3.63) is 45.2 Å². The van der Waals surface area contributed by atoms with Gasteiger partial charge in [-0.15, -0.1) is 6.58 Å². The second-order valence-corrected chi connectivity index (χ2v) is 5.07. The zero-order valence-corrected chi connectivity index (χ0v) is 11.4. The molecular formula is C12H10BrFN2O3. The lowest BCUT2D eigenvalue weighted by molar-refractivity contribution is -0.384. The van der Waals surface area contributed by atoms with Crippen LogP contribution in [0.5, 0.6) is 0 Å². The largest absolute Gasteiger partial charge is 0.306 e. The third kappa shape index (κ3) is 2.51. The number of nitrogens with zero attached hydrogens (tertiary/aromatic N) is 2. The standard InChI is InChI=1S/C12H10BrFN2O3/c1-2-7-3-12(17)15(6-7)10-5-9(14)8(13)4-11(10)16(18)19/h2,4-5,7H,1,3,6H2. The number of hydrogen-bond acceptors (Lipinski definition) is 3. The van der Waals surface area contributed by atoms with Gasteiger partial charge in [0.2, 0.25) is 5.91 Å². The molecular weight excluding hydrogens is 319 g/mol. The molecule has 1 heterocycles. The van der Waals surface area contributed by atoms with Gasteiger partial charge in [-0.25, -0.2) is 4.39 Å². The Bertz CT molecular complexity index is 576. The van der Waals surface area contributed by atoms with Crippen LogP contribution in [0.3, 0.4) is 0 Å². The molecule has 0 N–H and O–H groups in total. The van der Waals surface area contributed by atoms with Crippen molar-refractivity contribution in [3.63, 3.8) is 0 Å². The number of nitro benzene ring substituents is 1. The number of hydrogen-bond donors (Lipinski definition) is 0. The van der Waals surface area contributed by atoms with Crippen LogP contribution in [-0.4, -0.2) is 17.4 Å². The van der Waals surface area contributed by atoms with Gasteiger partial charge in [0.1, 0.15) is 11.5 Å². The zero-order valence-electron chi connectivity index (χ0n) is 9.81. The predicted octanol–water partition coefficient (Wildman–Crippen LogP) is 3.04. The number of benzene rings is 1. The molecule has 1 aliphatic heterocycles. The summed E-state index contributed by atoms with van der Waals surface area (Å²) in [5, 5.41) is 11.0. The van der Waals surface area contributed by atoms with Crippen molar-refractivity contribution < 1.29 is 14.1 Å². The Morgan fingerprint density at radius 2 is 2.26 bits per heavy atom. The summed E-state index contributed by atoms with van der Waals surface area (Å²) in [6, 6.07) is 2.07. The van der Waals surface area contributed by atoms with E-state index in [2.05, 4.69) is 22.5 Å². The van der Waals surface area contributed by atoms with Gasteiger partial charge in [-0.2, -0.15) is 0 Å². The molecule has 1 saturated heterocycles. The van der Waals surface area contributed by atoms with Crippen molar-refractivity contribution in [2.24, 2.45) is 5.92 Å². The zero-order chi connectivity index (χ0) is 14.2. The van der Waals surface area contributed by atoms with E-state index >= 15 is 0 Å². The van der Waals surface area contributed by atoms with Crippen molar-refractivity contribution >= 4 is 33.2 Å². The van der Waals surface area contributed by atoms with Gasteiger partial charge in [0.15, 0.2) is 0 Å². The van der Waals surface area contributed by atoms with Crippen LogP contribution >= 0.6 is 15.9 Å². The van der Waals surface area contributed by atoms with Crippen LogP contribution in [0.4, 0.5) is 15.8 Å². The molecule has 1 fully saturated rings. The normalized spacial score (nSPS) is 18.7. The van der Waals surface area contributed by atoms with Crippen molar-refractivity contribution in [1.82, 2.24) is 0 Å². The molecule has 1 unspecified atom stereocenters.